The molecule has 44 heavy (non-hydrogen) atoms. The molecule has 0 aromatic heterocycles. The van der Waals surface area contributed by atoms with E-state index in [-0.39, 0.29) is 35.4 Å². The Labute approximate surface area is 259 Å². The summed E-state index contributed by atoms with van der Waals surface area (Å²) in [5.74, 6) is -2.09. The van der Waals surface area contributed by atoms with Gasteiger partial charge in [-0.2, -0.15) is 0 Å². The number of rotatable bonds is 15. The van der Waals surface area contributed by atoms with Crippen LogP contribution in [-0.4, -0.2) is 53.2 Å². The molecule has 2 aromatic carbocycles. The van der Waals surface area contributed by atoms with E-state index in [4.69, 9.17) is 10.5 Å². The van der Waals surface area contributed by atoms with Crippen LogP contribution in [0.3, 0.4) is 0 Å². The molecule has 0 unspecified atom stereocenters. The number of hydrogen-bond acceptors (Lipinski definition) is 5. The predicted octanol–water partition coefficient (Wildman–Crippen LogP) is 5.36. The van der Waals surface area contributed by atoms with Gasteiger partial charge in [0.05, 0.1) is 12.7 Å². The molecule has 4 rings (SSSR count). The van der Waals surface area contributed by atoms with E-state index in [0.29, 0.717) is 44.5 Å². The number of aliphatic hydroxyl groups is 1. The van der Waals surface area contributed by atoms with Crippen molar-refractivity contribution in [3.05, 3.63) is 88.5 Å². The fourth-order valence-electron chi connectivity index (χ4n) is 6.51. The number of nitrogens with zero attached hydrogens (tertiary/aromatic N) is 1. The summed E-state index contributed by atoms with van der Waals surface area (Å²) in [5.41, 5.74) is 3.79. The van der Waals surface area contributed by atoms with Crippen LogP contribution in [0.15, 0.2) is 65.8 Å². The first-order chi connectivity index (χ1) is 20.9. The molecule has 2 amide bonds. The Bertz CT molecular complexity index is 1410. The number of carbonyl (C=O) groups excluding carboxylic acids is 2. The Kier molecular flexibility index (Phi) is 10.3. The summed E-state index contributed by atoms with van der Waals surface area (Å²) in [7, 11) is 1.62. The molecule has 4 N–H and O–H groups in total. The molecule has 2 atom stereocenters. The van der Waals surface area contributed by atoms with Crippen molar-refractivity contribution in [1.29, 1.82) is 0 Å². The average Bonchev–Trinajstić information content (AvgIpc) is 3.76. The maximum Gasteiger partial charge on any atom is 0.252 e. The maximum absolute atomic E-state index is 14.3. The lowest BCUT2D eigenvalue weighted by atomic mass is 9.59. The van der Waals surface area contributed by atoms with Crippen molar-refractivity contribution in [2.45, 2.75) is 83.4 Å². The van der Waals surface area contributed by atoms with Gasteiger partial charge in [-0.25, -0.2) is 8.78 Å². The van der Waals surface area contributed by atoms with Crippen molar-refractivity contribution >= 4 is 11.8 Å². The highest BCUT2D eigenvalue weighted by atomic mass is 19.1. The Morgan fingerprint density at radius 3 is 2.25 bits per heavy atom. The van der Waals surface area contributed by atoms with Gasteiger partial charge in [0.2, 0.25) is 5.91 Å². The molecule has 0 heterocycles. The average molecular weight is 610 g/mol. The van der Waals surface area contributed by atoms with Crippen LogP contribution < -0.4 is 15.8 Å². The number of hydrogen-bond donors (Lipinski definition) is 3. The maximum atomic E-state index is 14.3. The highest BCUT2D eigenvalue weighted by Gasteiger charge is 2.60. The Hall–Kier alpha value is -3.56. The van der Waals surface area contributed by atoms with Crippen LogP contribution in [0.5, 0.6) is 5.75 Å². The van der Waals surface area contributed by atoms with Gasteiger partial charge in [-0.15, -0.1) is 0 Å². The standard InChI is InChI=1S/C35H45F2N3O4/c1-5-14-40(15-6-2)31(41)30-16-24(3)21-34(32(38)42,22-26-17-27(36)20-28(37)18-26)35(30,43)13-12-33(10-11-33)39-23-25-8-7-9-29(19-25)44-4/h7-9,16-21,39,43H,5-6,10-15,22-23H2,1-4H3,(H2,38,42)/t34-,35-/m0/s1. The smallest absolute Gasteiger partial charge is 0.252 e. The fourth-order valence-corrected chi connectivity index (χ4v) is 6.51. The summed E-state index contributed by atoms with van der Waals surface area (Å²) in [5, 5.41) is 16.5. The zero-order valence-corrected chi connectivity index (χ0v) is 26.2. The molecule has 2 aliphatic rings. The van der Waals surface area contributed by atoms with Gasteiger partial charge in [-0.3, -0.25) is 9.59 Å². The van der Waals surface area contributed by atoms with E-state index in [1.165, 1.54) is 0 Å². The molecule has 1 saturated carbocycles. The van der Waals surface area contributed by atoms with Crippen LogP contribution in [-0.2, 0) is 22.6 Å². The van der Waals surface area contributed by atoms with E-state index < -0.39 is 28.6 Å². The minimum Gasteiger partial charge on any atom is -0.497 e. The van der Waals surface area contributed by atoms with E-state index in [9.17, 15) is 23.5 Å². The number of nitrogens with two attached hydrogens (primary N) is 1. The van der Waals surface area contributed by atoms with Crippen molar-refractivity contribution in [2.24, 2.45) is 11.1 Å². The van der Waals surface area contributed by atoms with Gasteiger partial charge in [-0.1, -0.05) is 37.6 Å². The zero-order chi connectivity index (χ0) is 32.1. The summed E-state index contributed by atoms with van der Waals surface area (Å²) >= 11 is 0. The summed E-state index contributed by atoms with van der Waals surface area (Å²) in [6.45, 7) is 7.21. The number of primary amides is 1. The second-order valence-corrected chi connectivity index (χ2v) is 12.4. The molecular weight excluding hydrogens is 564 g/mol. The second-order valence-electron chi connectivity index (χ2n) is 12.4. The first kappa shape index (κ1) is 33.3. The predicted molar refractivity (Wildman–Crippen MR) is 167 cm³/mol. The number of carbonyl (C=O) groups is 2. The Morgan fingerprint density at radius 1 is 1.02 bits per heavy atom. The minimum absolute atomic E-state index is 0.0340. The number of allylic oxidation sites excluding steroid dienone is 2. The van der Waals surface area contributed by atoms with Gasteiger partial charge in [0, 0.05) is 31.2 Å². The summed E-state index contributed by atoms with van der Waals surface area (Å²) in [6.07, 6.45) is 6.54. The summed E-state index contributed by atoms with van der Waals surface area (Å²) in [6, 6.07) is 10.8. The SMILES string of the molecule is CCCN(CCC)C(=O)C1=CC(C)=C[C@](Cc2cc(F)cc(F)c2)(C(N)=O)[C@]1(O)CCC1(NCc2cccc(OC)c2)CC1. The van der Waals surface area contributed by atoms with Crippen molar-refractivity contribution in [2.75, 3.05) is 20.2 Å². The van der Waals surface area contributed by atoms with E-state index in [0.717, 1.165) is 42.4 Å². The fraction of sp³-hybridized carbons (Fsp3) is 0.486. The van der Waals surface area contributed by atoms with Gasteiger partial charge >= 0.3 is 0 Å². The third-order valence-corrected chi connectivity index (χ3v) is 9.00. The van der Waals surface area contributed by atoms with E-state index in [1.807, 2.05) is 38.1 Å². The molecule has 0 saturated heterocycles. The normalized spacial score (nSPS) is 22.2. The van der Waals surface area contributed by atoms with E-state index >= 15 is 0 Å². The minimum atomic E-state index is -2.04. The van der Waals surface area contributed by atoms with Crippen molar-refractivity contribution in [3.63, 3.8) is 0 Å². The van der Waals surface area contributed by atoms with Crippen LogP contribution in [0, 0.1) is 17.0 Å². The van der Waals surface area contributed by atoms with Crippen LogP contribution in [0.25, 0.3) is 0 Å². The molecule has 2 aliphatic carbocycles. The zero-order valence-electron chi connectivity index (χ0n) is 26.2. The van der Waals surface area contributed by atoms with Gasteiger partial charge in [0.1, 0.15) is 28.4 Å². The molecule has 0 bridgehead atoms. The van der Waals surface area contributed by atoms with Crippen LogP contribution >= 0.6 is 0 Å². The first-order valence-corrected chi connectivity index (χ1v) is 15.5. The Balaban J connectivity index is 1.73. The summed E-state index contributed by atoms with van der Waals surface area (Å²) in [4.78, 5) is 29.4. The third kappa shape index (κ3) is 7.05. The van der Waals surface area contributed by atoms with Crippen molar-refractivity contribution in [1.82, 2.24) is 10.2 Å². The largest absolute Gasteiger partial charge is 0.497 e. The molecule has 1 fully saturated rings. The van der Waals surface area contributed by atoms with E-state index in [2.05, 4.69) is 5.32 Å². The highest BCUT2D eigenvalue weighted by Crippen LogP contribution is 2.52. The van der Waals surface area contributed by atoms with Gasteiger partial charge in [0.15, 0.2) is 0 Å². The number of ether oxygens (including phenoxy) is 1. The molecule has 7 nitrogen and oxygen atoms in total. The quantitative estimate of drug-likeness (QED) is 0.252. The monoisotopic (exact) mass is 609 g/mol. The lowest BCUT2D eigenvalue weighted by molar-refractivity contribution is -0.143. The Morgan fingerprint density at radius 2 is 1.68 bits per heavy atom. The molecule has 0 spiro atoms. The number of benzene rings is 2. The molecule has 0 radical (unpaired) electrons. The van der Waals surface area contributed by atoms with Gasteiger partial charge < -0.3 is 25.8 Å². The highest BCUT2D eigenvalue weighted by molar-refractivity contribution is 6.00. The van der Waals surface area contributed by atoms with Crippen LogP contribution in [0.4, 0.5) is 8.78 Å². The first-order valence-electron chi connectivity index (χ1n) is 15.5. The molecular formula is C35H45F2N3O4. The molecule has 9 heteroatoms. The van der Waals surface area contributed by atoms with E-state index in [1.54, 1.807) is 31.1 Å². The topological polar surface area (TPSA) is 105 Å². The number of halogens is 2. The molecule has 2 aromatic rings. The molecule has 238 valence electrons. The lowest BCUT2D eigenvalue weighted by Gasteiger charge is -2.48. The number of nitrogens with one attached hydrogen (secondary N) is 1. The third-order valence-electron chi connectivity index (χ3n) is 9.00. The van der Waals surface area contributed by atoms with Crippen LogP contribution in [0.1, 0.15) is 70.4 Å². The molecule has 0 aliphatic heterocycles. The van der Waals surface area contributed by atoms with Crippen LogP contribution in [0.2, 0.25) is 0 Å². The van der Waals surface area contributed by atoms with Gasteiger partial charge in [0.25, 0.3) is 5.91 Å². The summed E-state index contributed by atoms with van der Waals surface area (Å²) < 4.78 is 34.0. The van der Waals surface area contributed by atoms with Gasteiger partial charge in [-0.05, 0) is 93.3 Å². The lowest BCUT2D eigenvalue weighted by Crippen LogP contribution is -2.61. The number of amides is 2. The number of methoxy groups -OCH3 is 1. The second kappa shape index (κ2) is 13.6. The van der Waals surface area contributed by atoms with Crippen molar-refractivity contribution in [3.8, 4) is 5.75 Å². The van der Waals surface area contributed by atoms with Crippen molar-refractivity contribution < 1.29 is 28.2 Å².